The summed E-state index contributed by atoms with van der Waals surface area (Å²) in [6, 6.07) is 0. The summed E-state index contributed by atoms with van der Waals surface area (Å²) in [5, 5.41) is 4.18. The van der Waals surface area contributed by atoms with Crippen molar-refractivity contribution in [2.45, 2.75) is 27.2 Å². The highest BCUT2D eigenvalue weighted by atomic mass is 19.1. The molecule has 0 unspecified atom stereocenters. The highest BCUT2D eigenvalue weighted by Gasteiger charge is 2.16. The third-order valence-corrected chi connectivity index (χ3v) is 2.73. The van der Waals surface area contributed by atoms with Gasteiger partial charge in [0.1, 0.15) is 6.33 Å². The van der Waals surface area contributed by atoms with Crippen LogP contribution in [0.1, 0.15) is 24.0 Å². The summed E-state index contributed by atoms with van der Waals surface area (Å²) in [6.45, 7) is 5.39. The zero-order valence-corrected chi connectivity index (χ0v) is 10.0. The van der Waals surface area contributed by atoms with Gasteiger partial charge in [-0.2, -0.15) is 5.10 Å². The lowest BCUT2D eigenvalue weighted by molar-refractivity contribution is 0.571. The van der Waals surface area contributed by atoms with Crippen LogP contribution in [0.15, 0.2) is 6.33 Å². The molecule has 0 aromatic carbocycles. The zero-order valence-electron chi connectivity index (χ0n) is 10.0. The Hall–Kier alpha value is -1.98. The van der Waals surface area contributed by atoms with Gasteiger partial charge in [0.25, 0.3) is 0 Å². The highest BCUT2D eigenvalue weighted by Crippen LogP contribution is 2.20. The number of nitrogens with two attached hydrogens (primary N) is 1. The maximum Gasteiger partial charge on any atom is 0.193 e. The molecule has 0 saturated carbocycles. The normalized spacial score (nSPS) is 10.8. The van der Waals surface area contributed by atoms with Gasteiger partial charge in [-0.1, -0.05) is 6.92 Å². The molecule has 6 heteroatoms. The lowest BCUT2D eigenvalue weighted by Gasteiger charge is -2.06. The first-order valence-corrected chi connectivity index (χ1v) is 5.37. The summed E-state index contributed by atoms with van der Waals surface area (Å²) in [5.41, 5.74) is 8.09. The van der Waals surface area contributed by atoms with Crippen molar-refractivity contribution in [3.05, 3.63) is 29.2 Å². The van der Waals surface area contributed by atoms with Gasteiger partial charge in [-0.15, -0.1) is 0 Å². The van der Waals surface area contributed by atoms with Crippen molar-refractivity contribution >= 4 is 5.69 Å². The Morgan fingerprint density at radius 3 is 2.59 bits per heavy atom. The van der Waals surface area contributed by atoms with Crippen molar-refractivity contribution in [3.8, 4) is 5.82 Å². The fourth-order valence-corrected chi connectivity index (χ4v) is 1.65. The number of aryl methyl sites for hydroxylation is 2. The molecule has 0 atom stereocenters. The lowest BCUT2D eigenvalue weighted by atomic mass is 10.3. The number of nitrogen functional groups attached to an aromatic ring is 1. The fourth-order valence-electron chi connectivity index (χ4n) is 1.65. The van der Waals surface area contributed by atoms with Crippen molar-refractivity contribution < 1.29 is 4.39 Å². The SMILES string of the molecule is CCc1ncnc(-n2nc(C)c(N)c2C)c1F. The van der Waals surface area contributed by atoms with E-state index in [2.05, 4.69) is 15.1 Å². The topological polar surface area (TPSA) is 69.6 Å². The van der Waals surface area contributed by atoms with Crippen LogP contribution < -0.4 is 5.73 Å². The van der Waals surface area contributed by atoms with Crippen LogP contribution in [-0.2, 0) is 6.42 Å². The minimum absolute atomic E-state index is 0.147. The Bertz CT molecular complexity index is 561. The molecule has 0 aliphatic carbocycles. The summed E-state index contributed by atoms with van der Waals surface area (Å²) in [4.78, 5) is 7.81. The lowest BCUT2D eigenvalue weighted by Crippen LogP contribution is -2.08. The first-order valence-electron chi connectivity index (χ1n) is 5.37. The monoisotopic (exact) mass is 235 g/mol. The van der Waals surface area contributed by atoms with Crippen molar-refractivity contribution in [1.29, 1.82) is 0 Å². The average Bonchev–Trinajstić information content (AvgIpc) is 2.57. The molecule has 0 aliphatic rings. The van der Waals surface area contributed by atoms with Crippen LogP contribution in [0.5, 0.6) is 0 Å². The van der Waals surface area contributed by atoms with Crippen LogP contribution in [0.3, 0.4) is 0 Å². The molecule has 90 valence electrons. The van der Waals surface area contributed by atoms with Gasteiger partial charge in [0.15, 0.2) is 11.6 Å². The molecule has 0 saturated heterocycles. The largest absolute Gasteiger partial charge is 0.396 e. The molecule has 0 aliphatic heterocycles. The maximum absolute atomic E-state index is 14.1. The predicted octanol–water partition coefficient (Wildman–Crippen LogP) is 1.56. The molecular weight excluding hydrogens is 221 g/mol. The summed E-state index contributed by atoms with van der Waals surface area (Å²) >= 11 is 0. The molecule has 0 amide bonds. The molecule has 2 N–H and O–H groups in total. The smallest absolute Gasteiger partial charge is 0.193 e. The minimum atomic E-state index is -0.444. The number of anilines is 1. The van der Waals surface area contributed by atoms with E-state index < -0.39 is 5.82 Å². The summed E-state index contributed by atoms with van der Waals surface area (Å²) < 4.78 is 15.5. The van der Waals surface area contributed by atoms with E-state index in [0.29, 0.717) is 29.2 Å². The van der Waals surface area contributed by atoms with Crippen molar-refractivity contribution in [1.82, 2.24) is 19.7 Å². The van der Waals surface area contributed by atoms with Crippen molar-refractivity contribution in [2.75, 3.05) is 5.73 Å². The van der Waals surface area contributed by atoms with Gasteiger partial charge < -0.3 is 5.73 Å². The quantitative estimate of drug-likeness (QED) is 0.857. The summed E-state index contributed by atoms with van der Waals surface area (Å²) in [5.74, 6) is -0.297. The average molecular weight is 235 g/mol. The van der Waals surface area contributed by atoms with E-state index in [-0.39, 0.29) is 5.82 Å². The Balaban J connectivity index is 2.64. The second-order valence-electron chi connectivity index (χ2n) is 3.81. The van der Waals surface area contributed by atoms with Gasteiger partial charge in [0.2, 0.25) is 0 Å². The molecule has 2 aromatic rings. The molecule has 2 heterocycles. The zero-order chi connectivity index (χ0) is 12.6. The van der Waals surface area contributed by atoms with E-state index in [1.54, 1.807) is 13.8 Å². The van der Waals surface area contributed by atoms with Gasteiger partial charge in [-0.3, -0.25) is 0 Å². The molecule has 0 radical (unpaired) electrons. The van der Waals surface area contributed by atoms with Crippen LogP contribution in [0.2, 0.25) is 0 Å². The molecule has 0 bridgehead atoms. The van der Waals surface area contributed by atoms with Gasteiger partial charge >= 0.3 is 0 Å². The standard InChI is InChI=1S/C11H14FN5/c1-4-8-9(12)11(15-5-14-8)17-7(3)10(13)6(2)16-17/h5H,4,13H2,1-3H3. The minimum Gasteiger partial charge on any atom is -0.396 e. The summed E-state index contributed by atoms with van der Waals surface area (Å²) in [6.07, 6.45) is 1.85. The first kappa shape index (κ1) is 11.5. The van der Waals surface area contributed by atoms with Gasteiger partial charge in [-0.25, -0.2) is 19.0 Å². The number of halogens is 1. The number of nitrogens with zero attached hydrogens (tertiary/aromatic N) is 4. The van der Waals surface area contributed by atoms with Gasteiger partial charge in [0.05, 0.1) is 22.8 Å². The Morgan fingerprint density at radius 2 is 2.06 bits per heavy atom. The molecule has 5 nitrogen and oxygen atoms in total. The van der Waals surface area contributed by atoms with Crippen LogP contribution in [0, 0.1) is 19.7 Å². The highest BCUT2D eigenvalue weighted by molar-refractivity contribution is 5.49. The van der Waals surface area contributed by atoms with E-state index in [9.17, 15) is 4.39 Å². The second-order valence-corrected chi connectivity index (χ2v) is 3.81. The third-order valence-electron chi connectivity index (χ3n) is 2.73. The number of hydrogen-bond acceptors (Lipinski definition) is 4. The van der Waals surface area contributed by atoms with E-state index in [4.69, 9.17) is 5.73 Å². The Kier molecular flexibility index (Phi) is 2.79. The van der Waals surface area contributed by atoms with Crippen LogP contribution in [-0.4, -0.2) is 19.7 Å². The molecule has 0 spiro atoms. The number of rotatable bonds is 2. The first-order chi connectivity index (χ1) is 8.06. The van der Waals surface area contributed by atoms with Crippen molar-refractivity contribution in [2.24, 2.45) is 0 Å². The van der Waals surface area contributed by atoms with Crippen LogP contribution in [0.25, 0.3) is 5.82 Å². The van der Waals surface area contributed by atoms with Crippen molar-refractivity contribution in [3.63, 3.8) is 0 Å². The maximum atomic E-state index is 14.1. The van der Waals surface area contributed by atoms with E-state index in [1.165, 1.54) is 11.0 Å². The number of aromatic nitrogens is 4. The van der Waals surface area contributed by atoms with Crippen LogP contribution >= 0.6 is 0 Å². The van der Waals surface area contributed by atoms with E-state index in [0.717, 1.165) is 0 Å². The Morgan fingerprint density at radius 1 is 1.35 bits per heavy atom. The van der Waals surface area contributed by atoms with Gasteiger partial charge in [-0.05, 0) is 20.3 Å². The summed E-state index contributed by atoms with van der Waals surface area (Å²) in [7, 11) is 0. The van der Waals surface area contributed by atoms with Gasteiger partial charge in [0, 0.05) is 0 Å². The molecular formula is C11H14FN5. The third kappa shape index (κ3) is 1.75. The van der Waals surface area contributed by atoms with E-state index >= 15 is 0 Å². The Labute approximate surface area is 98.5 Å². The molecule has 0 fully saturated rings. The van der Waals surface area contributed by atoms with Crippen LogP contribution in [0.4, 0.5) is 10.1 Å². The molecule has 2 rings (SSSR count). The fraction of sp³-hybridized carbons (Fsp3) is 0.364. The second kappa shape index (κ2) is 4.12. The molecule has 2 aromatic heterocycles. The molecule has 17 heavy (non-hydrogen) atoms. The number of hydrogen-bond donors (Lipinski definition) is 1. The predicted molar refractivity (Wildman–Crippen MR) is 62.4 cm³/mol. The van der Waals surface area contributed by atoms with E-state index in [1.807, 2.05) is 6.92 Å².